The summed E-state index contributed by atoms with van der Waals surface area (Å²) in [5.74, 6) is -2.47. The predicted octanol–water partition coefficient (Wildman–Crippen LogP) is 1.22. The molecule has 1 aliphatic heterocycles. The molecule has 9 nitrogen and oxygen atoms in total. The average Bonchev–Trinajstić information content (AvgIpc) is 2.93. The molecule has 0 spiro atoms. The summed E-state index contributed by atoms with van der Waals surface area (Å²) in [6.07, 6.45) is -1.24. The van der Waals surface area contributed by atoms with E-state index in [1.165, 1.54) is 19.1 Å². The number of benzene rings is 2. The van der Waals surface area contributed by atoms with Crippen molar-refractivity contribution in [2.75, 3.05) is 0 Å². The highest BCUT2D eigenvalue weighted by Gasteiger charge is 2.35. The topological polar surface area (TPSA) is 136 Å². The van der Waals surface area contributed by atoms with E-state index in [-0.39, 0.29) is 12.1 Å². The fraction of sp³-hybridized carbons (Fsp3) is 0.150. The van der Waals surface area contributed by atoms with Crippen LogP contribution in [-0.2, 0) is 16.1 Å². The summed E-state index contributed by atoms with van der Waals surface area (Å²) < 4.78 is 5.01. The molecule has 2 aromatic rings. The first kappa shape index (κ1) is 19.7. The van der Waals surface area contributed by atoms with E-state index in [0.717, 1.165) is 4.90 Å². The number of hydrogen-bond donors (Lipinski definition) is 2. The van der Waals surface area contributed by atoms with Crippen LogP contribution in [0.2, 0.25) is 0 Å². The van der Waals surface area contributed by atoms with Crippen molar-refractivity contribution in [3.05, 3.63) is 70.8 Å². The molecule has 0 radical (unpaired) electrons. The van der Waals surface area contributed by atoms with Crippen molar-refractivity contribution in [1.29, 1.82) is 0 Å². The first-order valence-corrected chi connectivity index (χ1v) is 8.63. The number of imide groups is 2. The van der Waals surface area contributed by atoms with Crippen LogP contribution in [0.15, 0.2) is 48.5 Å². The first-order chi connectivity index (χ1) is 13.8. The lowest BCUT2D eigenvalue weighted by molar-refractivity contribution is -0.127. The number of fused-ring (bicyclic) bond motifs is 1. The third-order valence-corrected chi connectivity index (χ3v) is 4.28. The summed E-state index contributed by atoms with van der Waals surface area (Å²) in [4.78, 5) is 60.6. The minimum absolute atomic E-state index is 0.0226. The second-order valence-electron chi connectivity index (χ2n) is 6.34. The van der Waals surface area contributed by atoms with Gasteiger partial charge in [-0.2, -0.15) is 0 Å². The number of nitrogens with zero attached hydrogens (tertiary/aromatic N) is 1. The van der Waals surface area contributed by atoms with Crippen LogP contribution in [0.3, 0.4) is 0 Å². The number of urea groups is 1. The fourth-order valence-electron chi connectivity index (χ4n) is 2.87. The van der Waals surface area contributed by atoms with Crippen molar-refractivity contribution in [1.82, 2.24) is 10.2 Å². The molecule has 5 amide bonds. The quantitative estimate of drug-likeness (QED) is 0.577. The molecule has 0 saturated carbocycles. The Bertz CT molecular complexity index is 997. The van der Waals surface area contributed by atoms with Crippen LogP contribution in [0.1, 0.15) is 43.6 Å². The molecular weight excluding hydrogens is 378 g/mol. The molecule has 1 heterocycles. The lowest BCUT2D eigenvalue weighted by atomic mass is 10.1. The number of carbonyl (C=O) groups excluding carboxylic acids is 5. The number of rotatable bonds is 5. The number of ether oxygens (including phenoxy) is 1. The number of hydrogen-bond acceptors (Lipinski definition) is 6. The van der Waals surface area contributed by atoms with Crippen molar-refractivity contribution in [2.45, 2.75) is 19.6 Å². The van der Waals surface area contributed by atoms with Crippen molar-refractivity contribution < 1.29 is 28.7 Å². The molecule has 3 rings (SSSR count). The standard InChI is InChI=1S/C20H17N3O6/c1-11(16(24)22-20(21)28)29-19(27)13-6-4-5-12(9-13)10-23-17(25)14-7-2-3-8-15(14)18(23)26/h2-9,11H,10H2,1H3,(H3,21,22,24,28). The van der Waals surface area contributed by atoms with E-state index in [1.807, 2.05) is 5.32 Å². The summed E-state index contributed by atoms with van der Waals surface area (Å²) in [5.41, 5.74) is 6.18. The Morgan fingerprint density at radius 2 is 1.66 bits per heavy atom. The summed E-state index contributed by atoms with van der Waals surface area (Å²) in [6, 6.07) is 11.6. The van der Waals surface area contributed by atoms with Crippen molar-refractivity contribution in [2.24, 2.45) is 5.73 Å². The summed E-state index contributed by atoms with van der Waals surface area (Å²) in [5, 5.41) is 1.82. The Morgan fingerprint density at radius 1 is 1.03 bits per heavy atom. The van der Waals surface area contributed by atoms with Gasteiger partial charge in [0.25, 0.3) is 17.7 Å². The molecule has 9 heteroatoms. The van der Waals surface area contributed by atoms with Crippen LogP contribution in [0.5, 0.6) is 0 Å². The molecule has 0 fully saturated rings. The van der Waals surface area contributed by atoms with Gasteiger partial charge in [0.05, 0.1) is 23.2 Å². The molecule has 1 unspecified atom stereocenters. The predicted molar refractivity (Wildman–Crippen MR) is 99.7 cm³/mol. The highest BCUT2D eigenvalue weighted by molar-refractivity contribution is 6.21. The molecule has 3 N–H and O–H groups in total. The normalized spacial score (nSPS) is 13.6. The van der Waals surface area contributed by atoms with Gasteiger partial charge in [0.2, 0.25) is 0 Å². The van der Waals surface area contributed by atoms with Gasteiger partial charge in [0, 0.05) is 0 Å². The van der Waals surface area contributed by atoms with Gasteiger partial charge in [-0.1, -0.05) is 24.3 Å². The van der Waals surface area contributed by atoms with E-state index >= 15 is 0 Å². The molecule has 0 saturated heterocycles. The summed E-state index contributed by atoms with van der Waals surface area (Å²) >= 11 is 0. The van der Waals surface area contributed by atoms with Crippen LogP contribution in [0, 0.1) is 0 Å². The number of primary amides is 1. The van der Waals surface area contributed by atoms with Crippen LogP contribution >= 0.6 is 0 Å². The highest BCUT2D eigenvalue weighted by Crippen LogP contribution is 2.24. The summed E-state index contributed by atoms with van der Waals surface area (Å²) in [7, 11) is 0. The van der Waals surface area contributed by atoms with E-state index in [1.54, 1.807) is 36.4 Å². The summed E-state index contributed by atoms with van der Waals surface area (Å²) in [6.45, 7) is 1.27. The van der Waals surface area contributed by atoms with Gasteiger partial charge in [-0.25, -0.2) is 9.59 Å². The number of nitrogens with two attached hydrogens (primary N) is 1. The molecule has 1 atom stereocenters. The Balaban J connectivity index is 1.71. The van der Waals surface area contributed by atoms with E-state index in [2.05, 4.69) is 0 Å². The Kier molecular flexibility index (Phi) is 5.40. The van der Waals surface area contributed by atoms with Gasteiger partial charge >= 0.3 is 12.0 Å². The number of carbonyl (C=O) groups is 5. The van der Waals surface area contributed by atoms with Gasteiger partial charge in [0.1, 0.15) is 0 Å². The second kappa shape index (κ2) is 7.93. The maximum atomic E-state index is 12.5. The Morgan fingerprint density at radius 3 is 2.24 bits per heavy atom. The van der Waals surface area contributed by atoms with Crippen molar-refractivity contribution in [3.8, 4) is 0 Å². The largest absolute Gasteiger partial charge is 0.449 e. The van der Waals surface area contributed by atoms with Crippen LogP contribution < -0.4 is 11.1 Å². The molecule has 0 aliphatic carbocycles. The van der Waals surface area contributed by atoms with E-state index in [4.69, 9.17) is 10.5 Å². The van der Waals surface area contributed by atoms with Gasteiger partial charge in [-0.15, -0.1) is 0 Å². The van der Waals surface area contributed by atoms with Crippen LogP contribution in [0.4, 0.5) is 4.79 Å². The molecule has 0 bridgehead atoms. The lowest BCUT2D eigenvalue weighted by Crippen LogP contribution is -2.42. The molecule has 0 aromatic heterocycles. The zero-order chi connectivity index (χ0) is 21.1. The Hall–Kier alpha value is -4.01. The SMILES string of the molecule is CC(OC(=O)c1cccc(CN2C(=O)c3ccccc3C2=O)c1)C(=O)NC(N)=O. The van der Waals surface area contributed by atoms with Gasteiger partial charge in [-0.05, 0) is 36.8 Å². The maximum absolute atomic E-state index is 12.5. The monoisotopic (exact) mass is 395 g/mol. The average molecular weight is 395 g/mol. The minimum atomic E-state index is -1.24. The van der Waals surface area contributed by atoms with E-state index < -0.39 is 35.8 Å². The molecular formula is C20H17N3O6. The molecule has 1 aliphatic rings. The second-order valence-corrected chi connectivity index (χ2v) is 6.34. The fourth-order valence-corrected chi connectivity index (χ4v) is 2.87. The minimum Gasteiger partial charge on any atom is -0.449 e. The molecule has 2 aromatic carbocycles. The van der Waals surface area contributed by atoms with Crippen molar-refractivity contribution in [3.63, 3.8) is 0 Å². The Labute approximate surface area is 165 Å². The van der Waals surface area contributed by atoms with E-state index in [0.29, 0.717) is 16.7 Å². The number of esters is 1. The maximum Gasteiger partial charge on any atom is 0.338 e. The van der Waals surface area contributed by atoms with Gasteiger partial charge in [-0.3, -0.25) is 24.6 Å². The molecule has 148 valence electrons. The van der Waals surface area contributed by atoms with Crippen LogP contribution in [-0.4, -0.2) is 40.7 Å². The molecule has 29 heavy (non-hydrogen) atoms. The van der Waals surface area contributed by atoms with Gasteiger partial charge < -0.3 is 10.5 Å². The lowest BCUT2D eigenvalue weighted by Gasteiger charge is -2.15. The van der Waals surface area contributed by atoms with Gasteiger partial charge in [0.15, 0.2) is 6.10 Å². The highest BCUT2D eigenvalue weighted by atomic mass is 16.5. The third kappa shape index (κ3) is 4.13. The zero-order valence-corrected chi connectivity index (χ0v) is 15.4. The smallest absolute Gasteiger partial charge is 0.338 e. The van der Waals surface area contributed by atoms with E-state index in [9.17, 15) is 24.0 Å². The van der Waals surface area contributed by atoms with Crippen LogP contribution in [0.25, 0.3) is 0 Å². The van der Waals surface area contributed by atoms with Crippen molar-refractivity contribution >= 4 is 29.7 Å². The zero-order valence-electron chi connectivity index (χ0n) is 15.4. The number of nitrogens with one attached hydrogen (secondary N) is 1. The third-order valence-electron chi connectivity index (χ3n) is 4.28. The number of amides is 5. The first-order valence-electron chi connectivity index (χ1n) is 8.63.